The third kappa shape index (κ3) is 3.09. The second-order valence-corrected chi connectivity index (χ2v) is 6.67. The van der Waals surface area contributed by atoms with Crippen LogP contribution in [0.2, 0.25) is 4.34 Å². The second-order valence-electron chi connectivity index (χ2n) is 5.15. The average molecular weight is 341 g/mol. The number of carbonyl (C=O) groups excluding carboxylic acids is 1. The Morgan fingerprint density at radius 1 is 1.45 bits per heavy atom. The van der Waals surface area contributed by atoms with Crippen molar-refractivity contribution in [3.05, 3.63) is 51.4 Å². The van der Waals surface area contributed by atoms with Gasteiger partial charge in [0.1, 0.15) is 10.2 Å². The number of nitrogens with one attached hydrogen (secondary N) is 1. The third-order valence-electron chi connectivity index (χ3n) is 3.63. The molecule has 1 aliphatic rings. The van der Waals surface area contributed by atoms with Crippen molar-refractivity contribution < 1.29 is 14.3 Å². The van der Waals surface area contributed by atoms with Crippen molar-refractivity contribution in [2.75, 3.05) is 11.9 Å². The van der Waals surface area contributed by atoms with Crippen LogP contribution in [-0.2, 0) is 0 Å². The van der Waals surface area contributed by atoms with E-state index in [9.17, 15) is 14.3 Å². The summed E-state index contributed by atoms with van der Waals surface area (Å²) >= 11 is 7.30. The minimum atomic E-state index is -0.628. The Balaban J connectivity index is 1.81. The number of nitrogens with zero attached hydrogens (tertiary/aromatic N) is 1. The van der Waals surface area contributed by atoms with Gasteiger partial charge in [-0.15, -0.1) is 11.3 Å². The third-order valence-corrected chi connectivity index (χ3v) is 4.80. The number of hydrogen-bond donors (Lipinski definition) is 2. The highest BCUT2D eigenvalue weighted by Crippen LogP contribution is 2.34. The molecule has 7 heteroatoms. The lowest BCUT2D eigenvalue weighted by molar-refractivity contribution is 0.175. The van der Waals surface area contributed by atoms with E-state index in [2.05, 4.69) is 5.32 Å². The maximum Gasteiger partial charge on any atom is 0.322 e. The number of halogens is 2. The molecule has 1 aromatic carbocycles. The molecule has 2 amide bonds. The van der Waals surface area contributed by atoms with Gasteiger partial charge in [-0.25, -0.2) is 9.18 Å². The molecule has 1 fully saturated rings. The van der Waals surface area contributed by atoms with Gasteiger partial charge in [0.15, 0.2) is 0 Å². The molecular weight excluding hydrogens is 327 g/mol. The van der Waals surface area contributed by atoms with Gasteiger partial charge in [0.05, 0.1) is 17.8 Å². The molecule has 0 unspecified atom stereocenters. The Bertz CT molecular complexity index is 694. The van der Waals surface area contributed by atoms with Crippen molar-refractivity contribution >= 4 is 34.7 Å². The summed E-state index contributed by atoms with van der Waals surface area (Å²) in [6.07, 6.45) is -0.245. The fraction of sp³-hybridized carbons (Fsp3) is 0.267. The van der Waals surface area contributed by atoms with E-state index < -0.39 is 6.10 Å². The monoisotopic (exact) mass is 340 g/mol. The van der Waals surface area contributed by atoms with E-state index in [4.69, 9.17) is 11.6 Å². The smallest absolute Gasteiger partial charge is 0.322 e. The first-order chi connectivity index (χ1) is 10.5. The Hall–Kier alpha value is -1.63. The summed E-state index contributed by atoms with van der Waals surface area (Å²) in [6, 6.07) is 7.10. The van der Waals surface area contributed by atoms with Crippen molar-refractivity contribution in [3.8, 4) is 0 Å². The molecular formula is C15H14ClFN2O2S. The fourth-order valence-corrected chi connectivity index (χ4v) is 3.47. The van der Waals surface area contributed by atoms with E-state index in [0.29, 0.717) is 22.0 Å². The molecule has 2 aromatic rings. The summed E-state index contributed by atoms with van der Waals surface area (Å²) < 4.78 is 13.9. The quantitative estimate of drug-likeness (QED) is 0.871. The number of β-amino-alcohol motifs (C(OH)–C–C–N with tert-alkyl or cyclic N) is 1. The first-order valence-electron chi connectivity index (χ1n) is 6.78. The largest absolute Gasteiger partial charge is 0.391 e. The first-order valence-corrected chi connectivity index (χ1v) is 8.04. The summed E-state index contributed by atoms with van der Waals surface area (Å²) in [7, 11) is 0. The molecule has 2 atom stereocenters. The van der Waals surface area contributed by atoms with E-state index in [1.54, 1.807) is 23.6 Å². The lowest BCUT2D eigenvalue weighted by Gasteiger charge is -2.25. The van der Waals surface area contributed by atoms with Crippen LogP contribution in [0.5, 0.6) is 0 Å². The standard InChI is InChI=1S/C15H14ClFN2O2S/c16-14-12(4-5-22-14)18-15(21)19-8-11(20)7-13(19)9-2-1-3-10(17)6-9/h1-6,11,13,20H,7-8H2,(H,18,21)/t11-,13-/m0/s1. The summed E-state index contributed by atoms with van der Waals surface area (Å²) in [4.78, 5) is 13.9. The molecule has 3 rings (SSSR count). The molecule has 0 aliphatic carbocycles. The molecule has 1 aliphatic heterocycles. The van der Waals surface area contributed by atoms with E-state index >= 15 is 0 Å². The van der Waals surface area contributed by atoms with E-state index in [-0.39, 0.29) is 24.4 Å². The van der Waals surface area contributed by atoms with Crippen LogP contribution in [0.3, 0.4) is 0 Å². The number of benzene rings is 1. The SMILES string of the molecule is O=C(Nc1ccsc1Cl)N1C[C@@H](O)C[C@H]1c1cccc(F)c1. The molecule has 2 heterocycles. The topological polar surface area (TPSA) is 52.6 Å². The second kappa shape index (κ2) is 6.24. The number of thiophene rings is 1. The molecule has 116 valence electrons. The lowest BCUT2D eigenvalue weighted by Crippen LogP contribution is -2.35. The number of urea groups is 1. The number of carbonyl (C=O) groups is 1. The zero-order valence-electron chi connectivity index (χ0n) is 11.5. The summed E-state index contributed by atoms with van der Waals surface area (Å²) in [5, 5.41) is 14.4. The van der Waals surface area contributed by atoms with Gasteiger partial charge in [-0.2, -0.15) is 0 Å². The number of aliphatic hydroxyl groups is 1. The van der Waals surface area contributed by atoms with Gasteiger partial charge in [-0.3, -0.25) is 0 Å². The van der Waals surface area contributed by atoms with Gasteiger partial charge >= 0.3 is 6.03 Å². The number of hydrogen-bond acceptors (Lipinski definition) is 3. The summed E-state index contributed by atoms with van der Waals surface area (Å²) in [5.74, 6) is -0.361. The molecule has 0 spiro atoms. The van der Waals surface area contributed by atoms with Crippen molar-refractivity contribution in [3.63, 3.8) is 0 Å². The van der Waals surface area contributed by atoms with E-state index in [1.165, 1.54) is 28.4 Å². The lowest BCUT2D eigenvalue weighted by atomic mass is 10.0. The maximum absolute atomic E-state index is 13.4. The minimum Gasteiger partial charge on any atom is -0.391 e. The number of aliphatic hydroxyl groups excluding tert-OH is 1. The van der Waals surface area contributed by atoms with Gasteiger partial charge in [0.25, 0.3) is 0 Å². The van der Waals surface area contributed by atoms with Crippen LogP contribution in [0.25, 0.3) is 0 Å². The van der Waals surface area contributed by atoms with Crippen LogP contribution in [-0.4, -0.2) is 28.7 Å². The van der Waals surface area contributed by atoms with Crippen molar-refractivity contribution in [1.82, 2.24) is 4.90 Å². The van der Waals surface area contributed by atoms with Crippen LogP contribution in [0.15, 0.2) is 35.7 Å². The number of amides is 2. The Morgan fingerprint density at radius 3 is 2.95 bits per heavy atom. The zero-order chi connectivity index (χ0) is 15.7. The highest BCUT2D eigenvalue weighted by molar-refractivity contribution is 7.15. The van der Waals surface area contributed by atoms with Crippen molar-refractivity contribution in [2.45, 2.75) is 18.6 Å². The Labute approximate surface area is 136 Å². The number of anilines is 1. The fourth-order valence-electron chi connectivity index (χ4n) is 2.64. The molecule has 1 aromatic heterocycles. The molecule has 0 bridgehead atoms. The Morgan fingerprint density at radius 2 is 2.27 bits per heavy atom. The van der Waals surface area contributed by atoms with Gasteiger partial charge in [0.2, 0.25) is 0 Å². The number of rotatable bonds is 2. The molecule has 0 radical (unpaired) electrons. The van der Waals surface area contributed by atoms with Crippen LogP contribution in [0, 0.1) is 5.82 Å². The molecule has 2 N–H and O–H groups in total. The summed E-state index contributed by atoms with van der Waals surface area (Å²) in [5.41, 5.74) is 1.21. The van der Waals surface area contributed by atoms with E-state index in [0.717, 1.165) is 0 Å². The normalized spacial score (nSPS) is 21.1. The van der Waals surface area contributed by atoms with Crippen LogP contribution >= 0.6 is 22.9 Å². The average Bonchev–Trinajstić information content (AvgIpc) is 3.05. The van der Waals surface area contributed by atoms with Gasteiger partial charge < -0.3 is 15.3 Å². The van der Waals surface area contributed by atoms with Gasteiger partial charge in [-0.05, 0) is 35.6 Å². The van der Waals surface area contributed by atoms with E-state index in [1.807, 2.05) is 0 Å². The van der Waals surface area contributed by atoms with Crippen LogP contribution < -0.4 is 5.32 Å². The predicted octanol–water partition coefficient (Wildman–Crippen LogP) is 3.88. The molecule has 0 saturated carbocycles. The van der Waals surface area contributed by atoms with Gasteiger partial charge in [0, 0.05) is 6.54 Å². The van der Waals surface area contributed by atoms with Crippen molar-refractivity contribution in [1.29, 1.82) is 0 Å². The summed E-state index contributed by atoms with van der Waals surface area (Å²) in [6.45, 7) is 0.203. The highest BCUT2D eigenvalue weighted by atomic mass is 35.5. The molecule has 22 heavy (non-hydrogen) atoms. The first kappa shape index (κ1) is 15.3. The van der Waals surface area contributed by atoms with Gasteiger partial charge in [-0.1, -0.05) is 23.7 Å². The molecule has 1 saturated heterocycles. The Kier molecular flexibility index (Phi) is 4.33. The van der Waals surface area contributed by atoms with Crippen LogP contribution in [0.1, 0.15) is 18.0 Å². The predicted molar refractivity (Wildman–Crippen MR) is 84.8 cm³/mol. The molecule has 4 nitrogen and oxygen atoms in total. The highest BCUT2D eigenvalue weighted by Gasteiger charge is 2.35. The zero-order valence-corrected chi connectivity index (χ0v) is 13.1. The van der Waals surface area contributed by atoms with Crippen molar-refractivity contribution in [2.24, 2.45) is 0 Å². The number of likely N-dealkylation sites (tertiary alicyclic amines) is 1. The minimum absolute atomic E-state index is 0.203. The van der Waals surface area contributed by atoms with Crippen LogP contribution in [0.4, 0.5) is 14.9 Å². The maximum atomic E-state index is 13.4.